The van der Waals surface area contributed by atoms with Crippen LogP contribution in [0.15, 0.2) is 0 Å². The van der Waals surface area contributed by atoms with Gasteiger partial charge in [0.15, 0.2) is 0 Å². The Morgan fingerprint density at radius 3 is 1.67 bits per heavy atom. The lowest BCUT2D eigenvalue weighted by Crippen LogP contribution is -2.51. The van der Waals surface area contributed by atoms with Crippen molar-refractivity contribution in [2.45, 2.75) is 24.4 Å². The molecule has 1 unspecified atom stereocenters. The van der Waals surface area contributed by atoms with E-state index in [1.165, 1.54) is 19.3 Å². The first-order valence-corrected chi connectivity index (χ1v) is 2.99. The molecule has 3 aliphatic rings. The molecule has 2 bridgehead atoms. The van der Waals surface area contributed by atoms with E-state index in [0.29, 0.717) is 0 Å². The summed E-state index contributed by atoms with van der Waals surface area (Å²) in [5.41, 5.74) is 0. The van der Waals surface area contributed by atoms with E-state index < -0.39 is 0 Å². The summed E-state index contributed by atoms with van der Waals surface area (Å²) in [6, 6.07) is 0. The number of hydrogen-bond acceptors (Lipinski definition) is 0. The minimum atomic E-state index is 0.745. The first-order chi connectivity index (χ1) is 2.79. The maximum atomic E-state index is 2.92. The van der Waals surface area contributed by atoms with Crippen molar-refractivity contribution in [1.29, 1.82) is 0 Å². The van der Waals surface area contributed by atoms with Crippen LogP contribution in [0.25, 0.3) is 0 Å². The van der Waals surface area contributed by atoms with Crippen molar-refractivity contribution in [2.24, 2.45) is 0 Å². The van der Waals surface area contributed by atoms with Crippen LogP contribution in [0, 0.1) is 5.92 Å². The molecule has 1 radical (unpaired) electrons. The molecule has 3 rings (SSSR count). The first kappa shape index (κ1) is 3.43. The Labute approximate surface area is 40.5 Å². The fourth-order valence-electron chi connectivity index (χ4n) is 1.34. The maximum Gasteiger partial charge on any atom is -0.0134 e. The second kappa shape index (κ2) is 0.690. The van der Waals surface area contributed by atoms with Crippen LogP contribution in [0.4, 0.5) is 0 Å². The molecule has 0 aromatic heterocycles. The van der Waals surface area contributed by atoms with Gasteiger partial charge in [-0.05, 0) is 30.3 Å². The van der Waals surface area contributed by atoms with E-state index in [-0.39, 0.29) is 0 Å². The molecule has 0 aromatic carbocycles. The summed E-state index contributed by atoms with van der Waals surface area (Å²) in [7, 11) is 2.92. The zero-order chi connectivity index (χ0) is 4.20. The molecule has 6 heavy (non-hydrogen) atoms. The number of rotatable bonds is 0. The van der Waals surface area contributed by atoms with E-state index in [4.69, 9.17) is 0 Å². The summed E-state index contributed by atoms with van der Waals surface area (Å²) in [4.78, 5) is 0. The van der Waals surface area contributed by atoms with Crippen LogP contribution < -0.4 is 0 Å². The van der Waals surface area contributed by atoms with Gasteiger partial charge in [0.1, 0.15) is 0 Å². The van der Waals surface area contributed by atoms with Crippen LogP contribution >= 0.6 is 9.24 Å². The van der Waals surface area contributed by atoms with Crippen molar-refractivity contribution in [3.8, 4) is 0 Å². The second-order valence-electron chi connectivity index (χ2n) is 2.64. The lowest BCUT2D eigenvalue weighted by molar-refractivity contribution is 0.232. The smallest absolute Gasteiger partial charge is 0.0134 e. The summed E-state index contributed by atoms with van der Waals surface area (Å²) in [6.45, 7) is 0. The third-order valence-corrected chi connectivity index (χ3v) is 2.42. The van der Waals surface area contributed by atoms with Crippen LogP contribution in [-0.4, -0.2) is 5.16 Å². The standard InChI is InChI=1S/C5H8P/c6-5-1-4(2-5)3-5/h1-3,6H2. The molecule has 3 fully saturated rings. The van der Waals surface area contributed by atoms with Crippen molar-refractivity contribution >= 4 is 9.24 Å². The quantitative estimate of drug-likeness (QED) is 0.402. The maximum absolute atomic E-state index is 2.92. The monoisotopic (exact) mass is 99.0 g/mol. The average molecular weight is 99.1 g/mol. The van der Waals surface area contributed by atoms with Crippen LogP contribution in [0.3, 0.4) is 0 Å². The molecule has 0 N–H and O–H groups in total. The summed E-state index contributed by atoms with van der Waals surface area (Å²) >= 11 is 0. The predicted octanol–water partition coefficient (Wildman–Crippen LogP) is 1.37. The highest BCUT2D eigenvalue weighted by molar-refractivity contribution is 7.19. The van der Waals surface area contributed by atoms with Gasteiger partial charge in [-0.1, -0.05) is 0 Å². The Bertz CT molecular complexity index is 70.9. The average Bonchev–Trinajstić information content (AvgIpc) is 1.24. The fourth-order valence-corrected chi connectivity index (χ4v) is 2.20. The highest BCUT2D eigenvalue weighted by Crippen LogP contribution is 2.64. The van der Waals surface area contributed by atoms with Gasteiger partial charge in [0, 0.05) is 0 Å². The minimum Gasteiger partial charge on any atom is -0.131 e. The van der Waals surface area contributed by atoms with E-state index in [9.17, 15) is 0 Å². The molecule has 3 saturated carbocycles. The lowest BCUT2D eigenvalue weighted by Gasteiger charge is -2.59. The van der Waals surface area contributed by atoms with E-state index in [2.05, 4.69) is 9.24 Å². The zero-order valence-electron chi connectivity index (χ0n) is 3.70. The Balaban J connectivity index is 2.19. The topological polar surface area (TPSA) is 0 Å². The highest BCUT2D eigenvalue weighted by Gasteiger charge is 2.53. The normalized spacial score (nSPS) is 37.5. The molecule has 3 aliphatic carbocycles. The van der Waals surface area contributed by atoms with Gasteiger partial charge in [-0.15, -0.1) is 9.24 Å². The van der Waals surface area contributed by atoms with Gasteiger partial charge in [-0.25, -0.2) is 0 Å². The molecular weight excluding hydrogens is 91.0 g/mol. The van der Waals surface area contributed by atoms with Crippen molar-refractivity contribution in [3.05, 3.63) is 5.92 Å². The second-order valence-corrected chi connectivity index (χ2v) is 3.87. The molecule has 0 heterocycles. The van der Waals surface area contributed by atoms with Gasteiger partial charge in [-0.3, -0.25) is 0 Å². The summed E-state index contributed by atoms with van der Waals surface area (Å²) in [5, 5.41) is 0.745. The predicted molar refractivity (Wildman–Crippen MR) is 29.5 cm³/mol. The summed E-state index contributed by atoms with van der Waals surface area (Å²) in [5.74, 6) is 1.80. The third-order valence-electron chi connectivity index (χ3n) is 1.81. The van der Waals surface area contributed by atoms with Gasteiger partial charge in [0.2, 0.25) is 0 Å². The van der Waals surface area contributed by atoms with E-state index in [1.54, 1.807) is 5.92 Å². The SMILES string of the molecule is PC12C[C](C1)C2. The summed E-state index contributed by atoms with van der Waals surface area (Å²) in [6.07, 6.45) is 4.28. The van der Waals surface area contributed by atoms with E-state index in [1.807, 2.05) is 0 Å². The molecule has 1 heteroatoms. The fraction of sp³-hybridized carbons (Fsp3) is 0.800. The molecule has 0 nitrogen and oxygen atoms in total. The van der Waals surface area contributed by atoms with Gasteiger partial charge in [0.25, 0.3) is 0 Å². The van der Waals surface area contributed by atoms with E-state index >= 15 is 0 Å². The Morgan fingerprint density at radius 2 is 1.67 bits per heavy atom. The van der Waals surface area contributed by atoms with Crippen molar-refractivity contribution in [1.82, 2.24) is 0 Å². The minimum absolute atomic E-state index is 0.745. The molecule has 1 atom stereocenters. The summed E-state index contributed by atoms with van der Waals surface area (Å²) < 4.78 is 0. The van der Waals surface area contributed by atoms with Crippen molar-refractivity contribution < 1.29 is 0 Å². The van der Waals surface area contributed by atoms with Crippen LogP contribution in [0.1, 0.15) is 19.3 Å². The molecule has 0 saturated heterocycles. The highest BCUT2D eigenvalue weighted by atomic mass is 31.0. The van der Waals surface area contributed by atoms with E-state index in [0.717, 1.165) is 5.16 Å². The van der Waals surface area contributed by atoms with Crippen molar-refractivity contribution in [2.75, 3.05) is 0 Å². The Kier molecular flexibility index (Phi) is 0.395. The van der Waals surface area contributed by atoms with Crippen LogP contribution in [0.5, 0.6) is 0 Å². The zero-order valence-corrected chi connectivity index (χ0v) is 4.85. The van der Waals surface area contributed by atoms with Gasteiger partial charge < -0.3 is 0 Å². The Hall–Kier alpha value is 0.430. The molecule has 33 valence electrons. The molecule has 0 aromatic rings. The van der Waals surface area contributed by atoms with Gasteiger partial charge >= 0.3 is 0 Å². The molecular formula is C5H8P. The molecule has 0 amide bonds. The van der Waals surface area contributed by atoms with Gasteiger partial charge in [0.05, 0.1) is 0 Å². The lowest BCUT2D eigenvalue weighted by atomic mass is 9.55. The van der Waals surface area contributed by atoms with Crippen molar-refractivity contribution in [3.63, 3.8) is 0 Å². The third kappa shape index (κ3) is 0.219. The first-order valence-electron chi connectivity index (χ1n) is 2.41. The Morgan fingerprint density at radius 1 is 1.33 bits per heavy atom. The molecule has 0 aliphatic heterocycles. The van der Waals surface area contributed by atoms with Crippen LogP contribution in [0.2, 0.25) is 0 Å². The van der Waals surface area contributed by atoms with Gasteiger partial charge in [-0.2, -0.15) is 0 Å². The largest absolute Gasteiger partial charge is 0.131 e. The van der Waals surface area contributed by atoms with Crippen LogP contribution in [-0.2, 0) is 0 Å². The molecule has 0 spiro atoms. The number of hydrogen-bond donors (Lipinski definition) is 0.